The summed E-state index contributed by atoms with van der Waals surface area (Å²) in [6.45, 7) is 8.44. The highest BCUT2D eigenvalue weighted by Crippen LogP contribution is 2.21. The quantitative estimate of drug-likeness (QED) is 0.911. The first-order valence-corrected chi connectivity index (χ1v) is 9.63. The van der Waals surface area contributed by atoms with Gasteiger partial charge in [-0.25, -0.2) is 0 Å². The van der Waals surface area contributed by atoms with E-state index in [-0.39, 0.29) is 18.1 Å². The van der Waals surface area contributed by atoms with Crippen LogP contribution in [0.15, 0.2) is 24.3 Å². The van der Waals surface area contributed by atoms with Gasteiger partial charge in [-0.3, -0.25) is 9.69 Å². The summed E-state index contributed by atoms with van der Waals surface area (Å²) in [7, 11) is 0. The van der Waals surface area contributed by atoms with Crippen LogP contribution in [0, 0.1) is 0 Å². The molecule has 3 rings (SSSR count). The molecule has 5 heteroatoms. The number of carbonyl (C=O) groups is 1. The molecule has 0 spiro atoms. The van der Waals surface area contributed by atoms with Crippen molar-refractivity contribution in [3.63, 3.8) is 0 Å². The van der Waals surface area contributed by atoms with Gasteiger partial charge in [-0.2, -0.15) is 0 Å². The Kier molecular flexibility index (Phi) is 6.32. The Balaban J connectivity index is 1.51. The maximum atomic E-state index is 12.3. The van der Waals surface area contributed by atoms with Crippen molar-refractivity contribution in [2.45, 2.75) is 51.7 Å². The average Bonchev–Trinajstić information content (AvgIpc) is 2.83. The maximum absolute atomic E-state index is 12.3. The molecule has 0 aliphatic carbocycles. The van der Waals surface area contributed by atoms with Crippen LogP contribution < -0.4 is 10.2 Å². The van der Waals surface area contributed by atoms with Crippen LogP contribution in [0.2, 0.25) is 0 Å². The van der Waals surface area contributed by atoms with Gasteiger partial charge in [0.15, 0.2) is 0 Å². The smallest absolute Gasteiger partial charge is 0.238 e. The van der Waals surface area contributed by atoms with Crippen LogP contribution in [0.1, 0.15) is 39.5 Å². The molecule has 0 radical (unpaired) electrons. The van der Waals surface area contributed by atoms with E-state index < -0.39 is 0 Å². The minimum absolute atomic E-state index is 0.0452. The number of amides is 1. The number of anilines is 2. The predicted octanol–water partition coefficient (Wildman–Crippen LogP) is 3.11. The van der Waals surface area contributed by atoms with Gasteiger partial charge in [0.2, 0.25) is 5.91 Å². The van der Waals surface area contributed by atoms with Gasteiger partial charge >= 0.3 is 0 Å². The number of benzene rings is 1. The number of ether oxygens (including phenoxy) is 1. The molecule has 0 unspecified atom stereocenters. The maximum Gasteiger partial charge on any atom is 0.238 e. The van der Waals surface area contributed by atoms with Crippen LogP contribution in [-0.2, 0) is 9.53 Å². The van der Waals surface area contributed by atoms with Crippen LogP contribution >= 0.6 is 0 Å². The number of hydrogen-bond acceptors (Lipinski definition) is 4. The summed E-state index contributed by atoms with van der Waals surface area (Å²) < 4.78 is 5.72. The van der Waals surface area contributed by atoms with Crippen molar-refractivity contribution in [2.75, 3.05) is 42.9 Å². The van der Waals surface area contributed by atoms with Gasteiger partial charge < -0.3 is 15.0 Å². The zero-order valence-electron chi connectivity index (χ0n) is 15.5. The lowest BCUT2D eigenvalue weighted by atomic mass is 10.2. The number of rotatable bonds is 4. The molecule has 1 N–H and O–H groups in total. The second-order valence-corrected chi connectivity index (χ2v) is 7.45. The molecule has 1 amide bonds. The Bertz CT molecular complexity index is 543. The second kappa shape index (κ2) is 8.68. The lowest BCUT2D eigenvalue weighted by molar-refractivity contribution is -0.121. The van der Waals surface area contributed by atoms with Crippen LogP contribution in [0.25, 0.3) is 0 Å². The van der Waals surface area contributed by atoms with Crippen molar-refractivity contribution >= 4 is 17.3 Å². The van der Waals surface area contributed by atoms with E-state index in [0.717, 1.165) is 31.9 Å². The van der Waals surface area contributed by atoms with Gasteiger partial charge in [0, 0.05) is 37.6 Å². The lowest BCUT2D eigenvalue weighted by Gasteiger charge is -2.34. The number of hydrogen-bond donors (Lipinski definition) is 1. The molecule has 138 valence electrons. The van der Waals surface area contributed by atoms with Gasteiger partial charge in [0.1, 0.15) is 0 Å². The first-order chi connectivity index (χ1) is 12.1. The highest BCUT2D eigenvalue weighted by Gasteiger charge is 2.23. The zero-order valence-corrected chi connectivity index (χ0v) is 15.5. The summed E-state index contributed by atoms with van der Waals surface area (Å²) >= 11 is 0. The zero-order chi connectivity index (χ0) is 17.6. The topological polar surface area (TPSA) is 44.8 Å². The fraction of sp³-hybridized carbons (Fsp3) is 0.650. The van der Waals surface area contributed by atoms with Gasteiger partial charge in [-0.05, 0) is 51.0 Å². The largest absolute Gasteiger partial charge is 0.373 e. The molecule has 1 aromatic carbocycles. The summed E-state index contributed by atoms with van der Waals surface area (Å²) in [5.41, 5.74) is 2.13. The van der Waals surface area contributed by atoms with Crippen LogP contribution in [-0.4, -0.2) is 55.7 Å². The van der Waals surface area contributed by atoms with E-state index in [0.29, 0.717) is 6.54 Å². The third-order valence-corrected chi connectivity index (χ3v) is 4.98. The fourth-order valence-corrected chi connectivity index (χ4v) is 3.90. The molecule has 2 heterocycles. The Hall–Kier alpha value is -1.59. The molecule has 1 aromatic rings. The molecule has 2 aliphatic rings. The molecule has 2 atom stereocenters. The molecule has 25 heavy (non-hydrogen) atoms. The van der Waals surface area contributed by atoms with E-state index in [1.54, 1.807) is 0 Å². The van der Waals surface area contributed by atoms with Gasteiger partial charge in [0.05, 0.1) is 18.8 Å². The predicted molar refractivity (Wildman–Crippen MR) is 102 cm³/mol. The van der Waals surface area contributed by atoms with Crippen molar-refractivity contribution < 1.29 is 9.53 Å². The van der Waals surface area contributed by atoms with Crippen LogP contribution in [0.5, 0.6) is 0 Å². The molecule has 2 aliphatic heterocycles. The minimum atomic E-state index is 0.0452. The summed E-state index contributed by atoms with van der Waals surface area (Å²) in [4.78, 5) is 16.9. The lowest BCUT2D eigenvalue weighted by Crippen LogP contribution is -2.48. The Morgan fingerprint density at radius 1 is 1.04 bits per heavy atom. The Morgan fingerprint density at radius 2 is 1.64 bits per heavy atom. The molecule has 0 saturated carbocycles. The average molecular weight is 345 g/mol. The molecule has 5 nitrogen and oxygen atoms in total. The number of nitrogens with one attached hydrogen (secondary N) is 1. The van der Waals surface area contributed by atoms with Crippen LogP contribution in [0.3, 0.4) is 0 Å². The van der Waals surface area contributed by atoms with Gasteiger partial charge in [-0.15, -0.1) is 0 Å². The van der Waals surface area contributed by atoms with E-state index in [1.165, 1.54) is 31.4 Å². The number of morpholine rings is 1. The third-order valence-electron chi connectivity index (χ3n) is 4.98. The molecule has 0 aromatic heterocycles. The minimum Gasteiger partial charge on any atom is -0.373 e. The second-order valence-electron chi connectivity index (χ2n) is 7.45. The molecular formula is C20H31N3O2. The Labute approximate surface area is 151 Å². The highest BCUT2D eigenvalue weighted by molar-refractivity contribution is 5.92. The van der Waals surface area contributed by atoms with Gasteiger partial charge in [0.25, 0.3) is 0 Å². The summed E-state index contributed by atoms with van der Waals surface area (Å²) in [6.07, 6.45) is 5.59. The fourth-order valence-electron chi connectivity index (χ4n) is 3.90. The first-order valence-electron chi connectivity index (χ1n) is 9.63. The van der Waals surface area contributed by atoms with E-state index in [2.05, 4.69) is 41.1 Å². The van der Waals surface area contributed by atoms with Crippen molar-refractivity contribution in [3.05, 3.63) is 24.3 Å². The van der Waals surface area contributed by atoms with E-state index in [1.807, 2.05) is 12.1 Å². The normalized spacial score (nSPS) is 25.4. The molecule has 2 saturated heterocycles. The summed E-state index contributed by atoms with van der Waals surface area (Å²) in [5.74, 6) is 0.0452. The van der Waals surface area contributed by atoms with Crippen molar-refractivity contribution in [1.82, 2.24) is 4.90 Å². The van der Waals surface area contributed by atoms with Crippen molar-refractivity contribution in [3.8, 4) is 0 Å². The summed E-state index contributed by atoms with van der Waals surface area (Å²) in [6, 6.07) is 8.28. The van der Waals surface area contributed by atoms with Crippen LogP contribution in [0.4, 0.5) is 11.4 Å². The van der Waals surface area contributed by atoms with E-state index in [9.17, 15) is 4.79 Å². The number of nitrogens with zero attached hydrogens (tertiary/aromatic N) is 2. The molecule has 2 fully saturated rings. The molecular weight excluding hydrogens is 314 g/mol. The van der Waals surface area contributed by atoms with Crippen molar-refractivity contribution in [2.24, 2.45) is 0 Å². The standard InChI is InChI=1S/C20H31N3O2/c1-16-13-22(14-17(2)25-16)15-20(24)21-18-7-9-19(10-8-18)23-11-5-3-4-6-12-23/h7-10,16-17H,3-6,11-15H2,1-2H3,(H,21,24)/t16-,17-/m0/s1. The van der Waals surface area contributed by atoms with E-state index >= 15 is 0 Å². The monoisotopic (exact) mass is 345 g/mol. The van der Waals surface area contributed by atoms with E-state index in [4.69, 9.17) is 4.74 Å². The van der Waals surface area contributed by atoms with Gasteiger partial charge in [-0.1, -0.05) is 12.8 Å². The Morgan fingerprint density at radius 3 is 2.24 bits per heavy atom. The molecule has 0 bridgehead atoms. The van der Waals surface area contributed by atoms with Crippen molar-refractivity contribution in [1.29, 1.82) is 0 Å². The third kappa shape index (κ3) is 5.44. The SMILES string of the molecule is C[C@H]1CN(CC(=O)Nc2ccc(N3CCCCCC3)cc2)C[C@H](C)O1. The first kappa shape index (κ1) is 18.2. The highest BCUT2D eigenvalue weighted by atomic mass is 16.5. The summed E-state index contributed by atoms with van der Waals surface area (Å²) in [5, 5.41) is 3.02. The number of carbonyl (C=O) groups excluding carboxylic acids is 1.